The monoisotopic (exact) mass is 586 g/mol. The maximum absolute atomic E-state index is 15.3. The molecule has 1 aromatic carbocycles. The molecule has 0 saturated carbocycles. The molecule has 1 aliphatic heterocycles. The number of rotatable bonds is 5. The van der Waals surface area contributed by atoms with Crippen LogP contribution in [0.15, 0.2) is 41.3 Å². The summed E-state index contributed by atoms with van der Waals surface area (Å²) >= 11 is 0. The normalized spacial score (nSPS) is 13.6. The fourth-order valence-corrected chi connectivity index (χ4v) is 4.96. The lowest BCUT2D eigenvalue weighted by molar-refractivity contribution is 0.0224. The summed E-state index contributed by atoms with van der Waals surface area (Å²) in [5.74, 6) is -0.580. The lowest BCUT2D eigenvalue weighted by atomic mass is 9.91. The van der Waals surface area contributed by atoms with E-state index in [-0.39, 0.29) is 40.5 Å². The smallest absolute Gasteiger partial charge is 0.410 e. The predicted octanol–water partition coefficient (Wildman–Crippen LogP) is 5.54. The van der Waals surface area contributed by atoms with Crippen molar-refractivity contribution in [3.8, 4) is 11.9 Å². The van der Waals surface area contributed by atoms with Crippen molar-refractivity contribution in [3.63, 3.8) is 0 Å². The second-order valence-electron chi connectivity index (χ2n) is 12.5. The van der Waals surface area contributed by atoms with Crippen LogP contribution in [-0.4, -0.2) is 47.5 Å². The summed E-state index contributed by atoms with van der Waals surface area (Å²) in [5, 5.41) is 13.0. The van der Waals surface area contributed by atoms with E-state index < -0.39 is 16.8 Å². The number of benzene rings is 1. The molecular formula is C31H35FN8O3. The first-order valence-electron chi connectivity index (χ1n) is 14.1. The molecule has 12 heteroatoms. The molecule has 3 aromatic heterocycles. The highest BCUT2D eigenvalue weighted by molar-refractivity contribution is 5.77. The molecule has 0 fully saturated rings. The van der Waals surface area contributed by atoms with Crippen molar-refractivity contribution in [2.45, 2.75) is 78.5 Å². The van der Waals surface area contributed by atoms with Crippen molar-refractivity contribution < 1.29 is 13.9 Å². The highest BCUT2D eigenvalue weighted by Crippen LogP contribution is 2.28. The molecule has 1 aliphatic rings. The predicted molar refractivity (Wildman–Crippen MR) is 160 cm³/mol. The van der Waals surface area contributed by atoms with E-state index in [1.807, 2.05) is 39.0 Å². The van der Waals surface area contributed by atoms with Crippen LogP contribution in [0.2, 0.25) is 0 Å². The van der Waals surface area contributed by atoms with Crippen LogP contribution in [0.4, 0.5) is 20.8 Å². The molecule has 0 radical (unpaired) electrons. The van der Waals surface area contributed by atoms with E-state index in [1.165, 1.54) is 27.7 Å². The number of nitrogens with zero attached hydrogens (tertiary/aromatic N) is 7. The average Bonchev–Trinajstić information content (AvgIpc) is 3.23. The molecule has 1 N–H and O–H groups in total. The average molecular weight is 587 g/mol. The van der Waals surface area contributed by atoms with E-state index in [4.69, 9.17) is 4.74 Å². The molecule has 224 valence electrons. The molecular weight excluding hydrogens is 551 g/mol. The van der Waals surface area contributed by atoms with Gasteiger partial charge in [-0.05, 0) is 90.3 Å². The molecule has 4 aromatic rings. The maximum atomic E-state index is 15.3. The van der Waals surface area contributed by atoms with Gasteiger partial charge in [-0.15, -0.1) is 0 Å². The Balaban J connectivity index is 1.51. The minimum atomic E-state index is -0.980. The number of amides is 1. The number of hydrogen-bond acceptors (Lipinski definition) is 8. The van der Waals surface area contributed by atoms with Crippen LogP contribution in [0, 0.1) is 17.1 Å². The molecule has 1 amide bonds. The molecule has 0 bridgehead atoms. The third-order valence-corrected chi connectivity index (χ3v) is 7.19. The lowest BCUT2D eigenvalue weighted by Crippen LogP contribution is -2.39. The number of nitrogens with one attached hydrogen (secondary N) is 1. The Kier molecular flexibility index (Phi) is 7.46. The van der Waals surface area contributed by atoms with Crippen molar-refractivity contribution >= 4 is 28.8 Å². The van der Waals surface area contributed by atoms with Gasteiger partial charge in [-0.1, -0.05) is 6.07 Å². The van der Waals surface area contributed by atoms with Gasteiger partial charge in [-0.2, -0.15) is 10.2 Å². The first-order valence-corrected chi connectivity index (χ1v) is 14.1. The fourth-order valence-electron chi connectivity index (χ4n) is 4.96. The van der Waals surface area contributed by atoms with Crippen molar-refractivity contribution in [3.05, 3.63) is 69.5 Å². The highest BCUT2D eigenvalue weighted by Gasteiger charge is 2.28. The molecule has 4 heterocycles. The zero-order chi connectivity index (χ0) is 31.3. The van der Waals surface area contributed by atoms with Crippen LogP contribution in [0.5, 0.6) is 0 Å². The van der Waals surface area contributed by atoms with Crippen LogP contribution in [0.25, 0.3) is 16.9 Å². The summed E-state index contributed by atoms with van der Waals surface area (Å²) in [6.45, 7) is 13.5. The Morgan fingerprint density at radius 2 is 1.86 bits per heavy atom. The summed E-state index contributed by atoms with van der Waals surface area (Å²) in [6, 6.07) is 10.3. The number of pyridine rings is 1. The second-order valence-corrected chi connectivity index (χ2v) is 12.5. The second kappa shape index (κ2) is 10.8. The van der Waals surface area contributed by atoms with E-state index >= 15 is 4.39 Å². The fraction of sp³-hybridized carbons (Fsp3) is 0.419. The van der Waals surface area contributed by atoms with Gasteiger partial charge in [0.2, 0.25) is 5.95 Å². The van der Waals surface area contributed by atoms with Crippen LogP contribution in [-0.2, 0) is 23.1 Å². The van der Waals surface area contributed by atoms with Crippen molar-refractivity contribution in [1.82, 2.24) is 29.2 Å². The van der Waals surface area contributed by atoms with Gasteiger partial charge >= 0.3 is 6.09 Å². The largest absolute Gasteiger partial charge is 0.444 e. The van der Waals surface area contributed by atoms with Gasteiger partial charge in [-0.3, -0.25) is 4.79 Å². The number of halogens is 1. The summed E-state index contributed by atoms with van der Waals surface area (Å²) in [4.78, 5) is 41.1. The molecule has 5 rings (SSSR count). The minimum absolute atomic E-state index is 0.130. The van der Waals surface area contributed by atoms with Gasteiger partial charge in [0.15, 0.2) is 17.3 Å². The Labute approximate surface area is 248 Å². The first-order chi connectivity index (χ1) is 20.2. The van der Waals surface area contributed by atoms with E-state index in [9.17, 15) is 14.9 Å². The summed E-state index contributed by atoms with van der Waals surface area (Å²) in [6.07, 6.45) is 1.73. The Bertz CT molecular complexity index is 1830. The van der Waals surface area contributed by atoms with E-state index in [1.54, 1.807) is 32.6 Å². The molecule has 0 atom stereocenters. The number of ether oxygens (including phenoxy) is 1. The summed E-state index contributed by atoms with van der Waals surface area (Å²) in [5.41, 5.74) is 1.44. The lowest BCUT2D eigenvalue weighted by Gasteiger charge is -2.31. The van der Waals surface area contributed by atoms with Crippen LogP contribution >= 0.6 is 0 Å². The standard InChI is InChI=1S/C31H35FN8O3/c1-18(2)39-27(41)22-15-34-28(37-25(22)40(39)26-23(32)10-11-24(36-26)31(6,7)17-33)35-21-9-8-20-16-38(13-12-19(20)14-21)29(42)43-30(3,4)5/h8-11,14-15,18H,12-13,16H2,1-7H3,(H,34,35,37). The molecule has 0 unspecified atom stereocenters. The molecule has 11 nitrogen and oxygen atoms in total. The minimum Gasteiger partial charge on any atom is -0.444 e. The topological polar surface area (TPSA) is 131 Å². The van der Waals surface area contributed by atoms with Crippen LogP contribution < -0.4 is 10.9 Å². The SMILES string of the molecule is CC(C)n1c(=O)c2cnc(Nc3ccc4c(c3)CCN(C(=O)OC(C)(C)C)C4)nc2n1-c1nc(C(C)(C)C#N)ccc1F. The number of aromatic nitrogens is 5. The van der Waals surface area contributed by atoms with Crippen LogP contribution in [0.1, 0.15) is 71.3 Å². The number of carbonyl (C=O) groups is 1. The van der Waals surface area contributed by atoms with Crippen LogP contribution in [0.3, 0.4) is 0 Å². The summed E-state index contributed by atoms with van der Waals surface area (Å²) < 4.78 is 23.6. The number of carbonyl (C=O) groups excluding carboxylic acids is 1. The number of nitriles is 1. The van der Waals surface area contributed by atoms with E-state index in [0.717, 1.165) is 16.8 Å². The van der Waals surface area contributed by atoms with Gasteiger partial charge in [0.25, 0.3) is 5.56 Å². The third-order valence-electron chi connectivity index (χ3n) is 7.19. The Morgan fingerprint density at radius 1 is 1.12 bits per heavy atom. The van der Waals surface area contributed by atoms with Crippen molar-refractivity contribution in [2.24, 2.45) is 0 Å². The summed E-state index contributed by atoms with van der Waals surface area (Å²) in [7, 11) is 0. The molecule has 0 saturated heterocycles. The Hall–Kier alpha value is -4.79. The van der Waals surface area contributed by atoms with Gasteiger partial charge < -0.3 is 15.0 Å². The van der Waals surface area contributed by atoms with Crippen molar-refractivity contribution in [2.75, 3.05) is 11.9 Å². The maximum Gasteiger partial charge on any atom is 0.410 e. The van der Waals surface area contributed by atoms with Gasteiger partial charge in [0.1, 0.15) is 11.0 Å². The zero-order valence-electron chi connectivity index (χ0n) is 25.4. The molecule has 0 spiro atoms. The van der Waals surface area contributed by atoms with Gasteiger partial charge in [-0.25, -0.2) is 28.5 Å². The number of anilines is 2. The first kappa shape index (κ1) is 29.7. The quantitative estimate of drug-likeness (QED) is 0.323. The third kappa shape index (κ3) is 5.80. The number of hydrogen-bond donors (Lipinski definition) is 1. The highest BCUT2D eigenvalue weighted by atomic mass is 19.1. The van der Waals surface area contributed by atoms with Gasteiger partial charge in [0, 0.05) is 31.0 Å². The van der Waals surface area contributed by atoms with Gasteiger partial charge in [0.05, 0.1) is 17.2 Å². The van der Waals surface area contributed by atoms with Crippen molar-refractivity contribution in [1.29, 1.82) is 5.26 Å². The molecule has 43 heavy (non-hydrogen) atoms. The Morgan fingerprint density at radius 3 is 2.53 bits per heavy atom. The van der Waals surface area contributed by atoms with E-state index in [0.29, 0.717) is 25.2 Å². The van der Waals surface area contributed by atoms with E-state index in [2.05, 4.69) is 26.3 Å². The molecule has 0 aliphatic carbocycles. The number of fused-ring (bicyclic) bond motifs is 2. The zero-order valence-corrected chi connectivity index (χ0v) is 25.4.